The van der Waals surface area contributed by atoms with Crippen molar-refractivity contribution in [1.82, 2.24) is 5.32 Å². The summed E-state index contributed by atoms with van der Waals surface area (Å²) in [6.07, 6.45) is 1.90. The van der Waals surface area contributed by atoms with Crippen molar-refractivity contribution < 1.29 is 9.90 Å². The summed E-state index contributed by atoms with van der Waals surface area (Å²) in [6.45, 7) is 1.91. The van der Waals surface area contributed by atoms with Gasteiger partial charge >= 0.3 is 0 Å². The molecular weight excluding hydrogens is 316 g/mol. The predicted molar refractivity (Wildman–Crippen MR) is 79.9 cm³/mol. The Labute approximate surface area is 119 Å². The standard InChI is InChI=1S/C12H17BrN2O2S/c1-7(11(6-16)18-2)15-12(17)8-3-4-9(13)10(14)5-8/h3-5,7,11,16H,6,14H2,1-2H3,(H,15,17). The highest BCUT2D eigenvalue weighted by Crippen LogP contribution is 2.20. The monoisotopic (exact) mass is 332 g/mol. The van der Waals surface area contributed by atoms with E-state index in [4.69, 9.17) is 10.8 Å². The average Bonchev–Trinajstić information content (AvgIpc) is 2.34. The number of hydrogen-bond donors (Lipinski definition) is 3. The Kier molecular flexibility index (Phi) is 5.98. The minimum absolute atomic E-state index is 0.0123. The van der Waals surface area contributed by atoms with Crippen molar-refractivity contribution in [3.8, 4) is 0 Å². The lowest BCUT2D eigenvalue weighted by atomic mass is 10.1. The Morgan fingerprint density at radius 3 is 2.78 bits per heavy atom. The van der Waals surface area contributed by atoms with Crippen LogP contribution in [0.4, 0.5) is 5.69 Å². The van der Waals surface area contributed by atoms with E-state index >= 15 is 0 Å². The van der Waals surface area contributed by atoms with Crippen LogP contribution in [0.25, 0.3) is 0 Å². The Morgan fingerprint density at radius 1 is 1.61 bits per heavy atom. The van der Waals surface area contributed by atoms with E-state index in [-0.39, 0.29) is 23.8 Å². The zero-order valence-electron chi connectivity index (χ0n) is 10.3. The molecule has 0 bridgehead atoms. The average molecular weight is 333 g/mol. The summed E-state index contributed by atoms with van der Waals surface area (Å²) in [5.41, 5.74) is 6.77. The highest BCUT2D eigenvalue weighted by Gasteiger charge is 2.18. The van der Waals surface area contributed by atoms with Crippen molar-refractivity contribution >= 4 is 39.3 Å². The number of carbonyl (C=O) groups is 1. The molecule has 1 rings (SSSR count). The molecule has 0 saturated carbocycles. The largest absolute Gasteiger partial charge is 0.398 e. The third-order valence-corrected chi connectivity index (χ3v) is 4.54. The molecule has 1 amide bonds. The van der Waals surface area contributed by atoms with Crippen LogP contribution in [-0.4, -0.2) is 35.2 Å². The smallest absolute Gasteiger partial charge is 0.251 e. The summed E-state index contributed by atoms with van der Waals surface area (Å²) in [6, 6.07) is 4.96. The molecule has 0 aromatic heterocycles. The number of anilines is 1. The lowest BCUT2D eigenvalue weighted by molar-refractivity contribution is 0.0936. The first-order valence-corrected chi connectivity index (χ1v) is 7.57. The van der Waals surface area contributed by atoms with Crippen molar-refractivity contribution in [1.29, 1.82) is 0 Å². The first-order valence-electron chi connectivity index (χ1n) is 5.49. The first-order chi connectivity index (χ1) is 8.49. The molecule has 1 aromatic carbocycles. The molecule has 2 unspecified atom stereocenters. The van der Waals surface area contributed by atoms with Gasteiger partial charge in [0.05, 0.1) is 6.61 Å². The normalized spacial score (nSPS) is 14.0. The number of rotatable bonds is 5. The molecule has 0 aliphatic rings. The highest BCUT2D eigenvalue weighted by molar-refractivity contribution is 9.10. The molecule has 0 spiro atoms. The molecule has 6 heteroatoms. The number of carbonyl (C=O) groups excluding carboxylic acids is 1. The van der Waals surface area contributed by atoms with Crippen LogP contribution in [0, 0.1) is 0 Å². The molecule has 1 aromatic rings. The SMILES string of the molecule is CSC(CO)C(C)NC(=O)c1ccc(Br)c(N)c1. The predicted octanol–water partition coefficient (Wildman–Crippen LogP) is 1.87. The summed E-state index contributed by atoms with van der Waals surface area (Å²) in [5, 5.41) is 12.0. The van der Waals surface area contributed by atoms with Gasteiger partial charge in [-0.15, -0.1) is 0 Å². The number of hydrogen-bond acceptors (Lipinski definition) is 4. The Bertz CT molecular complexity index is 425. The molecule has 0 heterocycles. The van der Waals surface area contributed by atoms with Crippen molar-refractivity contribution in [2.75, 3.05) is 18.6 Å². The van der Waals surface area contributed by atoms with Crippen LogP contribution in [0.3, 0.4) is 0 Å². The Balaban J connectivity index is 2.73. The van der Waals surface area contributed by atoms with Gasteiger partial charge in [-0.05, 0) is 47.3 Å². The fourth-order valence-electron chi connectivity index (χ4n) is 1.50. The second-order valence-electron chi connectivity index (χ2n) is 3.96. The lowest BCUT2D eigenvalue weighted by Gasteiger charge is -2.21. The van der Waals surface area contributed by atoms with Crippen molar-refractivity contribution in [2.45, 2.75) is 18.2 Å². The number of nitrogen functional groups attached to an aromatic ring is 1. The maximum atomic E-state index is 12.0. The van der Waals surface area contributed by atoms with E-state index in [2.05, 4.69) is 21.2 Å². The molecule has 4 nitrogen and oxygen atoms in total. The van der Waals surface area contributed by atoms with E-state index in [9.17, 15) is 4.79 Å². The van der Waals surface area contributed by atoms with Gasteiger partial charge in [0.15, 0.2) is 0 Å². The van der Waals surface area contributed by atoms with Crippen molar-refractivity contribution in [3.63, 3.8) is 0 Å². The number of amides is 1. The van der Waals surface area contributed by atoms with E-state index < -0.39 is 0 Å². The molecule has 2 atom stereocenters. The molecule has 0 saturated heterocycles. The van der Waals surface area contributed by atoms with Gasteiger partial charge in [0.2, 0.25) is 0 Å². The number of nitrogens with two attached hydrogens (primary N) is 1. The van der Waals surface area contributed by atoms with Crippen molar-refractivity contribution in [2.24, 2.45) is 0 Å². The molecule has 100 valence electrons. The zero-order valence-corrected chi connectivity index (χ0v) is 12.7. The van der Waals surface area contributed by atoms with Crippen LogP contribution in [0.5, 0.6) is 0 Å². The number of aliphatic hydroxyl groups excluding tert-OH is 1. The number of nitrogens with one attached hydrogen (secondary N) is 1. The van der Waals surface area contributed by atoms with Crippen LogP contribution in [0.15, 0.2) is 22.7 Å². The van der Waals surface area contributed by atoms with Crippen LogP contribution < -0.4 is 11.1 Å². The third kappa shape index (κ3) is 3.90. The summed E-state index contributed by atoms with van der Waals surface area (Å²) in [7, 11) is 0. The van der Waals surface area contributed by atoms with Gasteiger partial charge in [-0.25, -0.2) is 0 Å². The Morgan fingerprint density at radius 2 is 2.28 bits per heavy atom. The van der Waals surface area contributed by atoms with E-state index in [1.807, 2.05) is 13.2 Å². The minimum Gasteiger partial charge on any atom is -0.398 e. The molecule has 4 N–H and O–H groups in total. The van der Waals surface area contributed by atoms with Crippen molar-refractivity contribution in [3.05, 3.63) is 28.2 Å². The second kappa shape index (κ2) is 7.01. The van der Waals surface area contributed by atoms with Gasteiger partial charge in [0.25, 0.3) is 5.91 Å². The van der Waals surface area contributed by atoms with Crippen LogP contribution >= 0.6 is 27.7 Å². The molecule has 18 heavy (non-hydrogen) atoms. The summed E-state index contributed by atoms with van der Waals surface area (Å²) in [5.74, 6) is -0.186. The van der Waals surface area contributed by atoms with Crippen LogP contribution in [0.2, 0.25) is 0 Å². The number of halogens is 1. The first kappa shape index (κ1) is 15.3. The topological polar surface area (TPSA) is 75.3 Å². The fraction of sp³-hybridized carbons (Fsp3) is 0.417. The third-order valence-electron chi connectivity index (χ3n) is 2.66. The quantitative estimate of drug-likeness (QED) is 0.719. The van der Waals surface area contributed by atoms with E-state index in [1.54, 1.807) is 18.2 Å². The minimum atomic E-state index is -0.186. The fourth-order valence-corrected chi connectivity index (χ4v) is 2.38. The van der Waals surface area contributed by atoms with Crippen LogP contribution in [0.1, 0.15) is 17.3 Å². The van der Waals surface area contributed by atoms with Gasteiger partial charge in [-0.3, -0.25) is 4.79 Å². The van der Waals surface area contributed by atoms with E-state index in [1.165, 1.54) is 11.8 Å². The number of benzene rings is 1. The van der Waals surface area contributed by atoms with Crippen LogP contribution in [-0.2, 0) is 0 Å². The highest BCUT2D eigenvalue weighted by atomic mass is 79.9. The van der Waals surface area contributed by atoms with Gasteiger partial charge in [0.1, 0.15) is 0 Å². The maximum absolute atomic E-state index is 12.0. The molecular formula is C12H17BrN2O2S. The summed E-state index contributed by atoms with van der Waals surface area (Å²) in [4.78, 5) is 12.0. The van der Waals surface area contributed by atoms with Gasteiger partial charge in [-0.2, -0.15) is 11.8 Å². The summed E-state index contributed by atoms with van der Waals surface area (Å²) < 4.78 is 0.768. The Hall–Kier alpha value is -0.720. The number of thioether (sulfide) groups is 1. The molecule has 0 aliphatic heterocycles. The maximum Gasteiger partial charge on any atom is 0.251 e. The second-order valence-corrected chi connectivity index (χ2v) is 5.89. The number of aliphatic hydroxyl groups is 1. The zero-order chi connectivity index (χ0) is 13.7. The van der Waals surface area contributed by atoms with Gasteiger partial charge in [0, 0.05) is 27.0 Å². The van der Waals surface area contributed by atoms with Gasteiger partial charge in [-0.1, -0.05) is 0 Å². The van der Waals surface area contributed by atoms with E-state index in [0.717, 1.165) is 4.47 Å². The summed E-state index contributed by atoms with van der Waals surface area (Å²) >= 11 is 4.81. The molecule has 0 fully saturated rings. The lowest BCUT2D eigenvalue weighted by Crippen LogP contribution is -2.41. The molecule has 0 radical (unpaired) electrons. The van der Waals surface area contributed by atoms with Gasteiger partial charge < -0.3 is 16.2 Å². The van der Waals surface area contributed by atoms with E-state index in [0.29, 0.717) is 11.3 Å². The molecule has 0 aliphatic carbocycles.